The van der Waals surface area contributed by atoms with Crippen LogP contribution in [0, 0.1) is 13.8 Å². The third-order valence-electron chi connectivity index (χ3n) is 4.25. The Balaban J connectivity index is 2.34. The third-order valence-corrected chi connectivity index (χ3v) is 4.25. The van der Waals surface area contributed by atoms with E-state index >= 15 is 0 Å². The molecule has 0 saturated carbocycles. The molecule has 5 heteroatoms. The Kier molecular flexibility index (Phi) is 5.70. The van der Waals surface area contributed by atoms with Crippen LogP contribution in [0.1, 0.15) is 52.6 Å². The van der Waals surface area contributed by atoms with Gasteiger partial charge in [0, 0.05) is 11.1 Å². The maximum atomic E-state index is 13.0. The van der Waals surface area contributed by atoms with Crippen molar-refractivity contribution in [3.63, 3.8) is 0 Å². The van der Waals surface area contributed by atoms with Crippen molar-refractivity contribution in [2.45, 2.75) is 40.2 Å². The number of amides is 2. The standard InChI is InChI=1S/C21H26N2O3/c1-14-9-7-12-18(15(14)2)19(24)22-23(21(3,4)5)20(25)16-10-8-11-17(13-16)26-6/h7-13H,1-6H3,(H,22,24). The van der Waals surface area contributed by atoms with Crippen LogP contribution in [0.2, 0.25) is 0 Å². The lowest BCUT2D eigenvalue weighted by molar-refractivity contribution is 0.0358. The molecule has 0 aliphatic carbocycles. The van der Waals surface area contributed by atoms with E-state index in [-0.39, 0.29) is 11.8 Å². The number of methoxy groups -OCH3 is 1. The van der Waals surface area contributed by atoms with Crippen molar-refractivity contribution < 1.29 is 14.3 Å². The van der Waals surface area contributed by atoms with Gasteiger partial charge in [0.15, 0.2) is 0 Å². The summed E-state index contributed by atoms with van der Waals surface area (Å²) >= 11 is 0. The summed E-state index contributed by atoms with van der Waals surface area (Å²) in [6, 6.07) is 12.4. The van der Waals surface area contributed by atoms with Crippen LogP contribution in [0.3, 0.4) is 0 Å². The second-order valence-electron chi connectivity index (χ2n) is 7.23. The Labute approximate surface area is 154 Å². The fraction of sp³-hybridized carbons (Fsp3) is 0.333. The largest absolute Gasteiger partial charge is 0.497 e. The number of carbonyl (C=O) groups is 2. The van der Waals surface area contributed by atoms with Crippen LogP contribution in [-0.2, 0) is 0 Å². The van der Waals surface area contributed by atoms with E-state index in [9.17, 15) is 9.59 Å². The van der Waals surface area contributed by atoms with Crippen molar-refractivity contribution in [3.8, 4) is 5.75 Å². The Hall–Kier alpha value is -2.82. The quantitative estimate of drug-likeness (QED) is 0.851. The van der Waals surface area contributed by atoms with Crippen LogP contribution in [0.25, 0.3) is 0 Å². The molecule has 0 spiro atoms. The number of ether oxygens (including phenoxy) is 1. The van der Waals surface area contributed by atoms with Crippen LogP contribution in [0.5, 0.6) is 5.75 Å². The van der Waals surface area contributed by atoms with Gasteiger partial charge in [0.05, 0.1) is 12.6 Å². The number of benzene rings is 2. The van der Waals surface area contributed by atoms with Crippen LogP contribution in [0.4, 0.5) is 0 Å². The van der Waals surface area contributed by atoms with Crippen molar-refractivity contribution in [1.29, 1.82) is 0 Å². The highest BCUT2D eigenvalue weighted by Gasteiger charge is 2.30. The van der Waals surface area contributed by atoms with E-state index < -0.39 is 5.54 Å². The first-order valence-electron chi connectivity index (χ1n) is 8.51. The Morgan fingerprint density at radius 2 is 1.69 bits per heavy atom. The lowest BCUT2D eigenvalue weighted by Crippen LogP contribution is -2.56. The van der Waals surface area contributed by atoms with Crippen molar-refractivity contribution in [3.05, 3.63) is 64.7 Å². The Bertz CT molecular complexity index is 822. The van der Waals surface area contributed by atoms with Gasteiger partial charge in [0.1, 0.15) is 5.75 Å². The molecule has 0 aliphatic heterocycles. The van der Waals surface area contributed by atoms with Gasteiger partial charge in [-0.25, -0.2) is 5.01 Å². The molecule has 5 nitrogen and oxygen atoms in total. The first-order chi connectivity index (χ1) is 12.1. The first-order valence-corrected chi connectivity index (χ1v) is 8.51. The molecule has 0 saturated heterocycles. The molecule has 1 N–H and O–H groups in total. The molecule has 0 heterocycles. The number of hydrogen-bond donors (Lipinski definition) is 1. The molecule has 0 unspecified atom stereocenters. The zero-order valence-corrected chi connectivity index (χ0v) is 16.2. The second-order valence-corrected chi connectivity index (χ2v) is 7.23. The molecular weight excluding hydrogens is 328 g/mol. The summed E-state index contributed by atoms with van der Waals surface area (Å²) in [6.45, 7) is 9.46. The lowest BCUT2D eigenvalue weighted by Gasteiger charge is -2.35. The fourth-order valence-corrected chi connectivity index (χ4v) is 2.57. The molecule has 0 bridgehead atoms. The topological polar surface area (TPSA) is 58.6 Å². The van der Waals surface area contributed by atoms with Crippen molar-refractivity contribution in [2.75, 3.05) is 7.11 Å². The van der Waals surface area contributed by atoms with E-state index in [1.54, 1.807) is 37.4 Å². The van der Waals surface area contributed by atoms with Gasteiger partial charge in [-0.1, -0.05) is 18.2 Å². The van der Waals surface area contributed by atoms with E-state index in [1.807, 2.05) is 46.8 Å². The highest BCUT2D eigenvalue weighted by atomic mass is 16.5. The molecule has 2 amide bonds. The monoisotopic (exact) mass is 354 g/mol. The van der Waals surface area contributed by atoms with Crippen molar-refractivity contribution in [2.24, 2.45) is 0 Å². The summed E-state index contributed by atoms with van der Waals surface area (Å²) in [7, 11) is 1.55. The highest BCUT2D eigenvalue weighted by Crippen LogP contribution is 2.20. The van der Waals surface area contributed by atoms with E-state index in [0.29, 0.717) is 16.9 Å². The zero-order valence-electron chi connectivity index (χ0n) is 16.2. The van der Waals surface area contributed by atoms with E-state index in [2.05, 4.69) is 5.43 Å². The van der Waals surface area contributed by atoms with Crippen LogP contribution in [-0.4, -0.2) is 29.5 Å². The van der Waals surface area contributed by atoms with Gasteiger partial charge in [-0.3, -0.25) is 15.0 Å². The average molecular weight is 354 g/mol. The van der Waals surface area contributed by atoms with E-state index in [1.165, 1.54) is 5.01 Å². The molecule has 0 radical (unpaired) electrons. The third kappa shape index (κ3) is 4.23. The summed E-state index contributed by atoms with van der Waals surface area (Å²) in [5, 5.41) is 1.37. The average Bonchev–Trinajstić information content (AvgIpc) is 2.60. The normalized spacial score (nSPS) is 11.0. The van der Waals surface area contributed by atoms with Gasteiger partial charge in [-0.05, 0) is 70.0 Å². The molecule has 138 valence electrons. The molecule has 0 aromatic heterocycles. The summed E-state index contributed by atoms with van der Waals surface area (Å²) in [4.78, 5) is 25.8. The molecule has 0 aliphatic rings. The molecule has 2 aromatic carbocycles. The molecule has 0 fully saturated rings. The molecule has 2 rings (SSSR count). The number of carbonyl (C=O) groups excluding carboxylic acids is 2. The summed E-state index contributed by atoms with van der Waals surface area (Å²) in [5.41, 5.74) is 5.10. The number of hydrogen-bond acceptors (Lipinski definition) is 3. The number of nitrogens with zero attached hydrogens (tertiary/aromatic N) is 1. The smallest absolute Gasteiger partial charge is 0.272 e. The molecular formula is C21H26N2O3. The predicted octanol–water partition coefficient (Wildman–Crippen LogP) is 3.90. The SMILES string of the molecule is COc1cccc(C(=O)N(NC(=O)c2cccc(C)c2C)C(C)(C)C)c1. The second kappa shape index (κ2) is 7.60. The molecule has 2 aromatic rings. The molecule has 0 atom stereocenters. The highest BCUT2D eigenvalue weighted by molar-refractivity contribution is 6.00. The van der Waals surface area contributed by atoms with Crippen molar-refractivity contribution >= 4 is 11.8 Å². The van der Waals surface area contributed by atoms with Crippen LogP contribution in [0.15, 0.2) is 42.5 Å². The van der Waals surface area contributed by atoms with Gasteiger partial charge in [-0.2, -0.15) is 0 Å². The first kappa shape index (κ1) is 19.5. The number of aryl methyl sites for hydroxylation is 1. The maximum absolute atomic E-state index is 13.0. The van der Waals surface area contributed by atoms with Gasteiger partial charge in [0.2, 0.25) is 0 Å². The van der Waals surface area contributed by atoms with E-state index in [4.69, 9.17) is 4.74 Å². The van der Waals surface area contributed by atoms with Crippen LogP contribution < -0.4 is 10.2 Å². The van der Waals surface area contributed by atoms with E-state index in [0.717, 1.165) is 11.1 Å². The van der Waals surface area contributed by atoms with Gasteiger partial charge >= 0.3 is 0 Å². The number of hydrazine groups is 1. The maximum Gasteiger partial charge on any atom is 0.272 e. The predicted molar refractivity (Wildman–Crippen MR) is 102 cm³/mol. The number of nitrogens with one attached hydrogen (secondary N) is 1. The minimum Gasteiger partial charge on any atom is -0.497 e. The van der Waals surface area contributed by atoms with Gasteiger partial charge < -0.3 is 4.74 Å². The van der Waals surface area contributed by atoms with Gasteiger partial charge in [0.25, 0.3) is 11.8 Å². The van der Waals surface area contributed by atoms with Crippen LogP contribution >= 0.6 is 0 Å². The molecule has 26 heavy (non-hydrogen) atoms. The Morgan fingerprint density at radius 1 is 1.04 bits per heavy atom. The zero-order chi connectivity index (χ0) is 19.5. The summed E-state index contributed by atoms with van der Waals surface area (Å²) < 4.78 is 5.19. The summed E-state index contributed by atoms with van der Waals surface area (Å²) in [5.74, 6) is -0.0157. The summed E-state index contributed by atoms with van der Waals surface area (Å²) in [6.07, 6.45) is 0. The fourth-order valence-electron chi connectivity index (χ4n) is 2.57. The number of rotatable bonds is 3. The minimum absolute atomic E-state index is 0.296. The van der Waals surface area contributed by atoms with Gasteiger partial charge in [-0.15, -0.1) is 0 Å². The lowest BCUT2D eigenvalue weighted by atomic mass is 10.0. The Morgan fingerprint density at radius 3 is 2.31 bits per heavy atom. The minimum atomic E-state index is -0.604. The van der Waals surface area contributed by atoms with Crippen molar-refractivity contribution in [1.82, 2.24) is 10.4 Å².